The number of hydrogen-bond acceptors (Lipinski definition) is 3. The van der Waals surface area contributed by atoms with Crippen LogP contribution in [0.3, 0.4) is 0 Å². The molecule has 3 aromatic rings. The minimum atomic E-state index is -0.0234. The Kier molecular flexibility index (Phi) is 5.45. The lowest BCUT2D eigenvalue weighted by atomic mass is 9.98. The maximum atomic E-state index is 12.7. The summed E-state index contributed by atoms with van der Waals surface area (Å²) < 4.78 is 0.954. The maximum absolute atomic E-state index is 12.7. The third-order valence-corrected chi connectivity index (χ3v) is 6.24. The van der Waals surface area contributed by atoms with Crippen molar-refractivity contribution in [1.29, 1.82) is 0 Å². The largest absolute Gasteiger partial charge is 0.350 e. The Morgan fingerprint density at radius 3 is 2.93 bits per heavy atom. The quantitative estimate of drug-likeness (QED) is 0.555. The van der Waals surface area contributed by atoms with Crippen molar-refractivity contribution in [3.8, 4) is 0 Å². The molecule has 0 bridgehead atoms. The van der Waals surface area contributed by atoms with E-state index in [-0.39, 0.29) is 5.91 Å². The normalized spacial score (nSPS) is 15.5. The number of halogens is 1. The van der Waals surface area contributed by atoms with Crippen molar-refractivity contribution in [3.05, 3.63) is 62.9 Å². The van der Waals surface area contributed by atoms with Gasteiger partial charge in [-0.05, 0) is 64.8 Å². The van der Waals surface area contributed by atoms with Gasteiger partial charge in [0, 0.05) is 36.6 Å². The average molecular weight is 474 g/mol. The zero-order chi connectivity index (χ0) is 18.8. The van der Waals surface area contributed by atoms with E-state index in [2.05, 4.69) is 74.2 Å². The molecule has 1 aliphatic rings. The molecular formula is C21H23IN4O. The molecule has 5 nitrogen and oxygen atoms in total. The molecule has 1 aromatic heterocycles. The van der Waals surface area contributed by atoms with Crippen LogP contribution in [0.25, 0.3) is 10.9 Å². The van der Waals surface area contributed by atoms with Gasteiger partial charge < -0.3 is 5.32 Å². The van der Waals surface area contributed by atoms with E-state index in [0.717, 1.165) is 40.5 Å². The van der Waals surface area contributed by atoms with Crippen LogP contribution in [0.2, 0.25) is 0 Å². The zero-order valence-corrected chi connectivity index (χ0v) is 17.5. The molecule has 1 amide bonds. The monoisotopic (exact) mass is 474 g/mol. The Morgan fingerprint density at radius 1 is 1.30 bits per heavy atom. The first-order valence-corrected chi connectivity index (χ1v) is 10.5. The zero-order valence-electron chi connectivity index (χ0n) is 15.3. The van der Waals surface area contributed by atoms with E-state index in [1.165, 1.54) is 11.1 Å². The van der Waals surface area contributed by atoms with Gasteiger partial charge in [-0.3, -0.25) is 14.8 Å². The number of amides is 1. The van der Waals surface area contributed by atoms with Crippen LogP contribution in [-0.4, -0.2) is 40.1 Å². The lowest BCUT2D eigenvalue weighted by molar-refractivity contribution is 0.0926. The lowest BCUT2D eigenvalue weighted by Crippen LogP contribution is -2.45. The van der Waals surface area contributed by atoms with Gasteiger partial charge >= 0.3 is 0 Å². The molecule has 0 spiro atoms. The highest BCUT2D eigenvalue weighted by Crippen LogP contribution is 2.22. The molecule has 6 heteroatoms. The second kappa shape index (κ2) is 7.98. The fourth-order valence-electron chi connectivity index (χ4n) is 3.79. The van der Waals surface area contributed by atoms with Gasteiger partial charge in [0.15, 0.2) is 0 Å². The van der Waals surface area contributed by atoms with Crippen LogP contribution in [0.1, 0.15) is 34.8 Å². The summed E-state index contributed by atoms with van der Waals surface area (Å²) in [5.41, 5.74) is 4.43. The summed E-state index contributed by atoms with van der Waals surface area (Å²) in [5, 5.41) is 11.3. The molecule has 0 aliphatic carbocycles. The Bertz CT molecular complexity index is 968. The molecular weight excluding hydrogens is 451 g/mol. The summed E-state index contributed by atoms with van der Waals surface area (Å²) in [6, 6.07) is 14.7. The summed E-state index contributed by atoms with van der Waals surface area (Å²) in [4.78, 5) is 15.2. The molecule has 140 valence electrons. The number of nitrogens with one attached hydrogen (secondary N) is 2. The number of nitrogens with zero attached hydrogens (tertiary/aromatic N) is 2. The van der Waals surface area contributed by atoms with Gasteiger partial charge in [0.2, 0.25) is 0 Å². The minimum Gasteiger partial charge on any atom is -0.350 e. The van der Waals surface area contributed by atoms with Gasteiger partial charge in [0.1, 0.15) is 3.70 Å². The Morgan fingerprint density at radius 2 is 2.11 bits per heavy atom. The van der Waals surface area contributed by atoms with Crippen molar-refractivity contribution < 1.29 is 4.79 Å². The first-order valence-electron chi connectivity index (χ1n) is 9.38. The van der Waals surface area contributed by atoms with E-state index in [4.69, 9.17) is 0 Å². The van der Waals surface area contributed by atoms with Gasteiger partial charge in [-0.1, -0.05) is 31.2 Å². The maximum Gasteiger partial charge on any atom is 0.251 e. The van der Waals surface area contributed by atoms with E-state index in [1.54, 1.807) is 0 Å². The van der Waals surface area contributed by atoms with Gasteiger partial charge in [-0.2, -0.15) is 5.10 Å². The number of aromatic amines is 1. The van der Waals surface area contributed by atoms with Crippen LogP contribution < -0.4 is 5.32 Å². The van der Waals surface area contributed by atoms with E-state index in [0.29, 0.717) is 18.2 Å². The number of aromatic nitrogens is 2. The third kappa shape index (κ3) is 3.87. The molecule has 2 aromatic carbocycles. The molecule has 1 aliphatic heterocycles. The number of carbonyl (C=O) groups is 1. The molecule has 1 atom stereocenters. The van der Waals surface area contributed by atoms with Crippen molar-refractivity contribution in [2.75, 3.05) is 13.1 Å². The van der Waals surface area contributed by atoms with Crippen LogP contribution in [0.15, 0.2) is 42.5 Å². The van der Waals surface area contributed by atoms with Crippen LogP contribution in [0, 0.1) is 3.70 Å². The van der Waals surface area contributed by atoms with Crippen LogP contribution >= 0.6 is 22.6 Å². The predicted molar refractivity (Wildman–Crippen MR) is 116 cm³/mol. The lowest BCUT2D eigenvalue weighted by Gasteiger charge is -2.35. The highest BCUT2D eigenvalue weighted by molar-refractivity contribution is 14.1. The van der Waals surface area contributed by atoms with E-state index in [1.807, 2.05) is 18.2 Å². The predicted octanol–water partition coefficient (Wildman–Crippen LogP) is 3.73. The fraction of sp³-hybridized carbons (Fsp3) is 0.333. The molecule has 2 heterocycles. The molecule has 1 unspecified atom stereocenters. The van der Waals surface area contributed by atoms with E-state index in [9.17, 15) is 4.79 Å². The average Bonchev–Trinajstić information content (AvgIpc) is 3.08. The van der Waals surface area contributed by atoms with Crippen molar-refractivity contribution in [3.63, 3.8) is 0 Å². The summed E-state index contributed by atoms with van der Waals surface area (Å²) >= 11 is 2.20. The topological polar surface area (TPSA) is 61.0 Å². The van der Waals surface area contributed by atoms with Crippen LogP contribution in [0.5, 0.6) is 0 Å². The van der Waals surface area contributed by atoms with Crippen molar-refractivity contribution in [1.82, 2.24) is 20.4 Å². The van der Waals surface area contributed by atoms with E-state index >= 15 is 0 Å². The van der Waals surface area contributed by atoms with Crippen LogP contribution in [0.4, 0.5) is 0 Å². The molecule has 2 N–H and O–H groups in total. The highest BCUT2D eigenvalue weighted by Gasteiger charge is 2.22. The van der Waals surface area contributed by atoms with Crippen molar-refractivity contribution in [2.45, 2.75) is 32.4 Å². The Balaban J connectivity index is 1.41. The smallest absolute Gasteiger partial charge is 0.251 e. The second-order valence-electron chi connectivity index (χ2n) is 7.03. The first kappa shape index (κ1) is 18.4. The number of H-pyrrole nitrogens is 1. The van der Waals surface area contributed by atoms with Gasteiger partial charge in [0.25, 0.3) is 5.91 Å². The number of fused-ring (bicyclic) bond motifs is 2. The summed E-state index contributed by atoms with van der Waals surface area (Å²) in [7, 11) is 0. The van der Waals surface area contributed by atoms with Gasteiger partial charge in [-0.25, -0.2) is 0 Å². The SMILES string of the molecule is CCC(CNC(=O)c1ccc2n[nH]c(I)c2c1)N1CCc2ccccc2C1. The fourth-order valence-corrected chi connectivity index (χ4v) is 4.35. The third-order valence-electron chi connectivity index (χ3n) is 5.42. The standard InChI is InChI=1S/C21H23IN4O/c1-2-17(26-10-9-14-5-3-4-6-16(14)13-26)12-23-21(27)15-7-8-19-18(11-15)20(22)25-24-19/h3-8,11,17H,2,9-10,12-13H2,1H3,(H,23,27)(H,24,25). The molecule has 4 rings (SSSR count). The van der Waals surface area contributed by atoms with Crippen LogP contribution in [-0.2, 0) is 13.0 Å². The number of benzene rings is 2. The summed E-state index contributed by atoms with van der Waals surface area (Å²) in [6.45, 7) is 4.86. The summed E-state index contributed by atoms with van der Waals surface area (Å²) in [6.07, 6.45) is 2.09. The molecule has 27 heavy (non-hydrogen) atoms. The molecule has 0 saturated carbocycles. The highest BCUT2D eigenvalue weighted by atomic mass is 127. The Labute approximate surface area is 172 Å². The van der Waals surface area contributed by atoms with Gasteiger partial charge in [-0.15, -0.1) is 0 Å². The Hall–Kier alpha value is -1.93. The second-order valence-corrected chi connectivity index (χ2v) is 8.11. The minimum absolute atomic E-state index is 0.0234. The van der Waals surface area contributed by atoms with Crippen molar-refractivity contribution >= 4 is 39.4 Å². The molecule has 0 fully saturated rings. The summed E-state index contributed by atoms with van der Waals surface area (Å²) in [5.74, 6) is -0.0234. The number of hydrogen-bond donors (Lipinski definition) is 2. The number of carbonyl (C=O) groups excluding carboxylic acids is 1. The number of rotatable bonds is 5. The first-order chi connectivity index (χ1) is 13.2. The molecule has 0 radical (unpaired) electrons. The van der Waals surface area contributed by atoms with Crippen molar-refractivity contribution in [2.24, 2.45) is 0 Å². The van der Waals surface area contributed by atoms with Gasteiger partial charge in [0.05, 0.1) is 5.52 Å². The van der Waals surface area contributed by atoms with E-state index < -0.39 is 0 Å². The molecule has 0 saturated heterocycles.